The number of fused-ring (bicyclic) bond motifs is 1. The van der Waals surface area contributed by atoms with Crippen molar-refractivity contribution >= 4 is 21.9 Å². The molecule has 0 saturated heterocycles. The van der Waals surface area contributed by atoms with Gasteiger partial charge in [-0.05, 0) is 22.0 Å². The number of hydrogen-bond donors (Lipinski definition) is 1. The number of carbonyl (C=O) groups excluding carboxylic acids is 1. The highest BCUT2D eigenvalue weighted by Crippen LogP contribution is 2.44. The molecule has 0 aliphatic carbocycles. The zero-order valence-corrected chi connectivity index (χ0v) is 10.1. The van der Waals surface area contributed by atoms with Gasteiger partial charge in [-0.2, -0.15) is 0 Å². The number of hydrogen-bond acceptors (Lipinski definition) is 4. The maximum absolute atomic E-state index is 11.5. The number of aromatic hydroxyl groups is 1. The second-order valence-electron chi connectivity index (χ2n) is 3.37. The largest absolute Gasteiger partial charge is 0.507 e. The van der Waals surface area contributed by atoms with Gasteiger partial charge < -0.3 is 14.6 Å². The van der Waals surface area contributed by atoms with E-state index in [2.05, 4.69) is 27.2 Å². The molecule has 0 aromatic heterocycles. The lowest BCUT2D eigenvalue weighted by Gasteiger charge is -2.08. The highest BCUT2D eigenvalue weighted by molar-refractivity contribution is 9.10. The Morgan fingerprint density at radius 1 is 1.69 bits per heavy atom. The number of phenolic OH excluding ortho intramolecular Hbond substituents is 1. The van der Waals surface area contributed by atoms with E-state index in [1.807, 2.05) is 0 Å². The maximum Gasteiger partial charge on any atom is 0.338 e. The summed E-state index contributed by atoms with van der Waals surface area (Å²) < 4.78 is 10.4. The van der Waals surface area contributed by atoms with Crippen molar-refractivity contribution < 1.29 is 19.4 Å². The molecule has 0 saturated carbocycles. The summed E-state index contributed by atoms with van der Waals surface area (Å²) in [5, 5.41) is 9.63. The summed E-state index contributed by atoms with van der Waals surface area (Å²) in [7, 11) is 1.29. The molecular weight excluding hydrogens is 276 g/mol. The highest BCUT2D eigenvalue weighted by atomic mass is 79.9. The first-order chi connectivity index (χ1) is 7.54. The first-order valence-corrected chi connectivity index (χ1v) is 5.32. The smallest absolute Gasteiger partial charge is 0.338 e. The lowest BCUT2D eigenvalue weighted by atomic mass is 10.0. The summed E-state index contributed by atoms with van der Waals surface area (Å²) in [6.07, 6.45) is 0.443. The quantitative estimate of drug-likeness (QED) is 0.805. The Bertz CT molecular complexity index is 493. The summed E-state index contributed by atoms with van der Waals surface area (Å²) in [4.78, 5) is 11.5. The Morgan fingerprint density at radius 2 is 2.38 bits per heavy atom. The molecule has 0 radical (unpaired) electrons. The van der Waals surface area contributed by atoms with Gasteiger partial charge in [0.15, 0.2) is 0 Å². The topological polar surface area (TPSA) is 55.8 Å². The minimum Gasteiger partial charge on any atom is -0.507 e. The van der Waals surface area contributed by atoms with Crippen LogP contribution in [0.1, 0.15) is 15.9 Å². The number of methoxy groups -OCH3 is 1. The second-order valence-corrected chi connectivity index (χ2v) is 4.17. The van der Waals surface area contributed by atoms with Crippen molar-refractivity contribution in [3.8, 4) is 11.5 Å². The van der Waals surface area contributed by atoms with Crippen molar-refractivity contribution in [2.45, 2.75) is 6.42 Å². The van der Waals surface area contributed by atoms with E-state index in [1.54, 1.807) is 0 Å². The third-order valence-corrected chi connectivity index (χ3v) is 3.10. The van der Waals surface area contributed by atoms with Gasteiger partial charge in [0.1, 0.15) is 21.7 Å². The fraction of sp³-hybridized carbons (Fsp3) is 0.182. The molecule has 1 aromatic carbocycles. The summed E-state index contributed by atoms with van der Waals surface area (Å²) >= 11 is 3.20. The molecule has 0 spiro atoms. The van der Waals surface area contributed by atoms with Gasteiger partial charge in [-0.15, -0.1) is 0 Å². The molecule has 0 fully saturated rings. The van der Waals surface area contributed by atoms with Gasteiger partial charge in [0.25, 0.3) is 0 Å². The standard InChI is InChI=1S/C11H9BrO4/c1-5-3-6-7(11(14)15-2)4-8(13)9(12)10(6)16-5/h4,13H,1,3H2,2H3. The monoisotopic (exact) mass is 284 g/mol. The average Bonchev–Trinajstić information content (AvgIpc) is 2.64. The summed E-state index contributed by atoms with van der Waals surface area (Å²) in [6.45, 7) is 3.69. The van der Waals surface area contributed by atoms with Crippen molar-refractivity contribution in [1.29, 1.82) is 0 Å². The van der Waals surface area contributed by atoms with Gasteiger partial charge in [-0.3, -0.25) is 0 Å². The fourth-order valence-electron chi connectivity index (χ4n) is 1.61. The van der Waals surface area contributed by atoms with Gasteiger partial charge in [0.05, 0.1) is 12.7 Å². The minimum absolute atomic E-state index is 0.0612. The first-order valence-electron chi connectivity index (χ1n) is 4.53. The van der Waals surface area contributed by atoms with Crippen LogP contribution in [0.15, 0.2) is 22.9 Å². The van der Waals surface area contributed by atoms with E-state index in [1.165, 1.54) is 13.2 Å². The zero-order valence-electron chi connectivity index (χ0n) is 8.54. The maximum atomic E-state index is 11.5. The van der Waals surface area contributed by atoms with Gasteiger partial charge in [0.2, 0.25) is 0 Å². The fourth-order valence-corrected chi connectivity index (χ4v) is 2.04. The molecule has 1 aromatic rings. The second kappa shape index (κ2) is 3.83. The molecular formula is C11H9BrO4. The van der Waals surface area contributed by atoms with E-state index < -0.39 is 5.97 Å². The van der Waals surface area contributed by atoms with Crippen LogP contribution in [0, 0.1) is 0 Å². The SMILES string of the molecule is C=C1Cc2c(C(=O)OC)cc(O)c(Br)c2O1. The van der Waals surface area contributed by atoms with Crippen molar-refractivity contribution in [3.63, 3.8) is 0 Å². The molecule has 0 amide bonds. The van der Waals surface area contributed by atoms with Gasteiger partial charge in [-0.1, -0.05) is 6.58 Å². The van der Waals surface area contributed by atoms with E-state index in [4.69, 9.17) is 4.74 Å². The van der Waals surface area contributed by atoms with Crippen molar-refractivity contribution in [2.24, 2.45) is 0 Å². The summed E-state index contributed by atoms with van der Waals surface area (Å²) in [5.41, 5.74) is 0.985. The molecule has 0 unspecified atom stereocenters. The Hall–Kier alpha value is -1.49. The van der Waals surface area contributed by atoms with Crippen molar-refractivity contribution in [1.82, 2.24) is 0 Å². The van der Waals surface area contributed by atoms with Crippen LogP contribution in [0.2, 0.25) is 0 Å². The third-order valence-electron chi connectivity index (χ3n) is 2.33. The number of benzene rings is 1. The van der Waals surface area contributed by atoms with E-state index in [9.17, 15) is 9.90 Å². The van der Waals surface area contributed by atoms with Crippen LogP contribution in [-0.2, 0) is 11.2 Å². The molecule has 1 heterocycles. The van der Waals surface area contributed by atoms with Crippen LogP contribution in [0.4, 0.5) is 0 Å². The number of ether oxygens (including phenoxy) is 2. The molecule has 4 nitrogen and oxygen atoms in total. The van der Waals surface area contributed by atoms with Crippen molar-refractivity contribution in [2.75, 3.05) is 7.11 Å². The number of phenols is 1. The van der Waals surface area contributed by atoms with E-state index in [0.29, 0.717) is 33.5 Å². The Balaban J connectivity index is 2.65. The number of carbonyl (C=O) groups is 1. The lowest BCUT2D eigenvalue weighted by molar-refractivity contribution is 0.0599. The predicted octanol–water partition coefficient (Wildman–Crippen LogP) is 2.39. The average molecular weight is 285 g/mol. The van der Waals surface area contributed by atoms with Crippen LogP contribution >= 0.6 is 15.9 Å². The molecule has 16 heavy (non-hydrogen) atoms. The van der Waals surface area contributed by atoms with Gasteiger partial charge in [-0.25, -0.2) is 4.79 Å². The molecule has 0 atom stereocenters. The molecule has 84 valence electrons. The number of halogens is 1. The van der Waals surface area contributed by atoms with Gasteiger partial charge in [0, 0.05) is 12.0 Å². The number of rotatable bonds is 1. The first kappa shape index (κ1) is 11.0. The Labute approximate surface area is 101 Å². The molecule has 1 N–H and O–H groups in total. The molecule has 0 bridgehead atoms. The minimum atomic E-state index is -0.502. The van der Waals surface area contributed by atoms with E-state index in [0.717, 1.165) is 0 Å². The molecule has 1 aliphatic rings. The molecule has 2 rings (SSSR count). The normalized spacial score (nSPS) is 13.2. The van der Waals surface area contributed by atoms with Gasteiger partial charge >= 0.3 is 5.97 Å². The van der Waals surface area contributed by atoms with Crippen LogP contribution < -0.4 is 4.74 Å². The summed E-state index contributed by atoms with van der Waals surface area (Å²) in [6, 6.07) is 1.36. The van der Waals surface area contributed by atoms with Crippen LogP contribution in [0.25, 0.3) is 0 Å². The zero-order chi connectivity index (χ0) is 11.9. The van der Waals surface area contributed by atoms with Crippen LogP contribution in [-0.4, -0.2) is 18.2 Å². The number of esters is 1. The Morgan fingerprint density at radius 3 is 3.00 bits per heavy atom. The van der Waals surface area contributed by atoms with Crippen LogP contribution in [0.5, 0.6) is 11.5 Å². The number of allylic oxidation sites excluding steroid dienone is 1. The van der Waals surface area contributed by atoms with E-state index in [-0.39, 0.29) is 5.75 Å². The predicted molar refractivity (Wildman–Crippen MR) is 60.6 cm³/mol. The summed E-state index contributed by atoms with van der Waals surface area (Å²) in [5.74, 6) is 0.406. The molecule has 5 heteroatoms. The Kier molecular flexibility index (Phi) is 2.63. The van der Waals surface area contributed by atoms with Crippen LogP contribution in [0.3, 0.4) is 0 Å². The molecule has 1 aliphatic heterocycles. The third kappa shape index (κ3) is 1.57. The van der Waals surface area contributed by atoms with Crippen molar-refractivity contribution in [3.05, 3.63) is 34.0 Å². The van der Waals surface area contributed by atoms with E-state index >= 15 is 0 Å². The lowest BCUT2D eigenvalue weighted by Crippen LogP contribution is -2.04. The highest BCUT2D eigenvalue weighted by Gasteiger charge is 2.28.